The molecule has 0 saturated heterocycles. The number of nitrogen functional groups attached to an aromatic ring is 1. The summed E-state index contributed by atoms with van der Waals surface area (Å²) in [6, 6.07) is 28.3. The van der Waals surface area contributed by atoms with Crippen LogP contribution in [0.15, 0.2) is 84.9 Å². The first-order chi connectivity index (χ1) is 13.2. The SMILES string of the molecule is NNc1ccccc1C(=O)O.c1cc2ccc3cccc4ccc(c1)c2c34. The van der Waals surface area contributed by atoms with Crippen LogP contribution in [0.25, 0.3) is 32.3 Å². The van der Waals surface area contributed by atoms with Crippen molar-refractivity contribution in [3.63, 3.8) is 0 Å². The van der Waals surface area contributed by atoms with Gasteiger partial charge >= 0.3 is 5.97 Å². The number of para-hydroxylation sites is 1. The number of carbonyl (C=O) groups is 1. The van der Waals surface area contributed by atoms with Crippen molar-refractivity contribution in [3.8, 4) is 0 Å². The number of anilines is 1. The van der Waals surface area contributed by atoms with Crippen molar-refractivity contribution in [2.24, 2.45) is 5.84 Å². The van der Waals surface area contributed by atoms with Gasteiger partial charge in [-0.05, 0) is 44.5 Å². The Hall–Kier alpha value is -3.63. The van der Waals surface area contributed by atoms with Gasteiger partial charge in [0.1, 0.15) is 0 Å². The summed E-state index contributed by atoms with van der Waals surface area (Å²) in [6.45, 7) is 0. The van der Waals surface area contributed by atoms with Crippen LogP contribution in [0.4, 0.5) is 5.69 Å². The summed E-state index contributed by atoms with van der Waals surface area (Å²) >= 11 is 0. The summed E-state index contributed by atoms with van der Waals surface area (Å²) in [5.74, 6) is 4.09. The molecule has 0 spiro atoms. The summed E-state index contributed by atoms with van der Waals surface area (Å²) < 4.78 is 0. The Labute approximate surface area is 156 Å². The Balaban J connectivity index is 0.000000145. The van der Waals surface area contributed by atoms with Gasteiger partial charge in [-0.15, -0.1) is 0 Å². The third-order valence-electron chi connectivity index (χ3n) is 4.71. The van der Waals surface area contributed by atoms with E-state index in [1.165, 1.54) is 38.4 Å². The van der Waals surface area contributed by atoms with E-state index in [0.29, 0.717) is 5.69 Å². The molecule has 0 aliphatic heterocycles. The normalized spacial score (nSPS) is 10.7. The molecule has 0 atom stereocenters. The standard InChI is InChI=1S/C16H10.C7H8N2O2/c1-3-11-7-9-13-5-2-6-14-10-8-12(4-1)15(11)16(13)14;8-9-6-4-2-1-3-5(6)7(10)11/h1-10H;1-4,9H,8H2,(H,10,11). The average Bonchev–Trinajstić information content (AvgIpc) is 2.72. The first-order valence-corrected chi connectivity index (χ1v) is 8.60. The molecule has 0 aliphatic rings. The molecule has 27 heavy (non-hydrogen) atoms. The molecule has 0 saturated carbocycles. The summed E-state index contributed by atoms with van der Waals surface area (Å²) in [4.78, 5) is 10.5. The maximum atomic E-state index is 10.5. The third kappa shape index (κ3) is 3.03. The number of rotatable bonds is 2. The van der Waals surface area contributed by atoms with Crippen molar-refractivity contribution in [2.75, 3.05) is 5.43 Å². The third-order valence-corrected chi connectivity index (χ3v) is 4.71. The highest BCUT2D eigenvalue weighted by Crippen LogP contribution is 2.33. The second-order valence-electron chi connectivity index (χ2n) is 6.28. The molecule has 5 aromatic carbocycles. The van der Waals surface area contributed by atoms with Crippen molar-refractivity contribution in [3.05, 3.63) is 90.5 Å². The molecule has 4 nitrogen and oxygen atoms in total. The fourth-order valence-electron chi connectivity index (χ4n) is 3.47. The van der Waals surface area contributed by atoms with Crippen molar-refractivity contribution in [2.45, 2.75) is 0 Å². The predicted molar refractivity (Wildman–Crippen MR) is 111 cm³/mol. The predicted octanol–water partition coefficient (Wildman–Crippen LogP) is 5.25. The Bertz CT molecular complexity index is 1120. The smallest absolute Gasteiger partial charge is 0.337 e. The van der Waals surface area contributed by atoms with E-state index in [1.807, 2.05) is 0 Å². The van der Waals surface area contributed by atoms with Crippen LogP contribution in [0, 0.1) is 0 Å². The topological polar surface area (TPSA) is 75.3 Å². The number of nitrogens with one attached hydrogen (secondary N) is 1. The number of nitrogens with two attached hydrogens (primary N) is 1. The van der Waals surface area contributed by atoms with Gasteiger partial charge < -0.3 is 10.5 Å². The quantitative estimate of drug-likeness (QED) is 0.230. The van der Waals surface area contributed by atoms with Crippen molar-refractivity contribution in [1.29, 1.82) is 0 Å². The molecular weight excluding hydrogens is 336 g/mol. The Morgan fingerprint density at radius 1 is 0.667 bits per heavy atom. The second kappa shape index (κ2) is 6.94. The summed E-state index contributed by atoms with van der Waals surface area (Å²) in [7, 11) is 0. The van der Waals surface area contributed by atoms with Gasteiger partial charge in [0.25, 0.3) is 0 Å². The highest BCUT2D eigenvalue weighted by Gasteiger charge is 2.07. The maximum absolute atomic E-state index is 10.5. The molecule has 0 fully saturated rings. The first kappa shape index (κ1) is 16.8. The van der Waals surface area contributed by atoms with Gasteiger partial charge in [0.15, 0.2) is 0 Å². The average molecular weight is 354 g/mol. The van der Waals surface area contributed by atoms with Gasteiger partial charge in [0.05, 0.1) is 11.3 Å². The van der Waals surface area contributed by atoms with E-state index in [2.05, 4.69) is 66.1 Å². The van der Waals surface area contributed by atoms with Crippen molar-refractivity contribution >= 4 is 44.0 Å². The molecule has 4 heteroatoms. The van der Waals surface area contributed by atoms with Crippen LogP contribution in [-0.4, -0.2) is 11.1 Å². The lowest BCUT2D eigenvalue weighted by Crippen LogP contribution is -2.11. The number of benzene rings is 5. The molecule has 0 radical (unpaired) electrons. The molecule has 0 unspecified atom stereocenters. The lowest BCUT2D eigenvalue weighted by Gasteiger charge is -2.09. The van der Waals surface area contributed by atoms with Gasteiger partial charge in [0.2, 0.25) is 0 Å². The number of carboxylic acid groups (broad SMARTS) is 1. The van der Waals surface area contributed by atoms with E-state index in [1.54, 1.807) is 18.2 Å². The Morgan fingerprint density at radius 2 is 1.11 bits per heavy atom. The zero-order valence-corrected chi connectivity index (χ0v) is 14.5. The van der Waals surface area contributed by atoms with Gasteiger partial charge in [-0.2, -0.15) is 0 Å². The van der Waals surface area contributed by atoms with Crippen LogP contribution in [0.2, 0.25) is 0 Å². The van der Waals surface area contributed by atoms with E-state index in [4.69, 9.17) is 10.9 Å². The van der Waals surface area contributed by atoms with Crippen LogP contribution < -0.4 is 11.3 Å². The molecule has 5 rings (SSSR count). The van der Waals surface area contributed by atoms with Gasteiger partial charge in [0, 0.05) is 0 Å². The van der Waals surface area contributed by atoms with E-state index in [9.17, 15) is 4.79 Å². The van der Waals surface area contributed by atoms with Gasteiger partial charge in [-0.1, -0.05) is 72.8 Å². The maximum Gasteiger partial charge on any atom is 0.337 e. The van der Waals surface area contributed by atoms with E-state index in [0.717, 1.165) is 0 Å². The number of aromatic carboxylic acids is 1. The van der Waals surface area contributed by atoms with E-state index < -0.39 is 5.97 Å². The number of carboxylic acids is 1. The fourth-order valence-corrected chi connectivity index (χ4v) is 3.47. The number of hydrogen-bond acceptors (Lipinski definition) is 3. The largest absolute Gasteiger partial charge is 0.478 e. The molecule has 5 aromatic rings. The van der Waals surface area contributed by atoms with Crippen molar-refractivity contribution in [1.82, 2.24) is 0 Å². The molecule has 0 aliphatic carbocycles. The van der Waals surface area contributed by atoms with E-state index in [-0.39, 0.29) is 5.56 Å². The molecule has 0 aromatic heterocycles. The van der Waals surface area contributed by atoms with Gasteiger partial charge in [-0.3, -0.25) is 5.84 Å². The molecular formula is C23H18N2O2. The minimum absolute atomic E-state index is 0.176. The van der Waals surface area contributed by atoms with E-state index >= 15 is 0 Å². The minimum Gasteiger partial charge on any atom is -0.478 e. The van der Waals surface area contributed by atoms with Gasteiger partial charge in [-0.25, -0.2) is 4.79 Å². The van der Waals surface area contributed by atoms with Crippen LogP contribution in [0.3, 0.4) is 0 Å². The zero-order valence-electron chi connectivity index (χ0n) is 14.5. The van der Waals surface area contributed by atoms with Crippen LogP contribution in [0.5, 0.6) is 0 Å². The summed E-state index contributed by atoms with van der Waals surface area (Å²) in [6.07, 6.45) is 0. The lowest BCUT2D eigenvalue weighted by atomic mass is 9.95. The first-order valence-electron chi connectivity index (χ1n) is 8.60. The monoisotopic (exact) mass is 354 g/mol. The number of hydrogen-bond donors (Lipinski definition) is 3. The highest BCUT2D eigenvalue weighted by atomic mass is 16.4. The molecule has 4 N–H and O–H groups in total. The second-order valence-corrected chi connectivity index (χ2v) is 6.28. The zero-order chi connectivity index (χ0) is 18.8. The van der Waals surface area contributed by atoms with Crippen LogP contribution >= 0.6 is 0 Å². The summed E-state index contributed by atoms with van der Waals surface area (Å²) in [5, 5.41) is 16.7. The summed E-state index contributed by atoms with van der Waals surface area (Å²) in [5.41, 5.74) is 2.89. The van der Waals surface area contributed by atoms with Crippen molar-refractivity contribution < 1.29 is 9.90 Å². The molecule has 0 bridgehead atoms. The molecule has 0 amide bonds. The lowest BCUT2D eigenvalue weighted by molar-refractivity contribution is 0.0698. The highest BCUT2D eigenvalue weighted by molar-refractivity contribution is 6.22. The van der Waals surface area contributed by atoms with Crippen LogP contribution in [0.1, 0.15) is 10.4 Å². The number of hydrazine groups is 1. The van der Waals surface area contributed by atoms with Crippen LogP contribution in [-0.2, 0) is 0 Å². The minimum atomic E-state index is -0.987. The molecule has 0 heterocycles. The Morgan fingerprint density at radius 3 is 1.48 bits per heavy atom. The Kier molecular flexibility index (Phi) is 4.32. The molecule has 132 valence electrons. The fraction of sp³-hybridized carbons (Fsp3) is 0.